The number of esters is 1. The zero-order chi connectivity index (χ0) is 15.7. The number of hydrogen-bond acceptors (Lipinski definition) is 6. The molecule has 2 fully saturated rings. The van der Waals surface area contributed by atoms with E-state index in [2.05, 4.69) is 0 Å². The van der Waals surface area contributed by atoms with Gasteiger partial charge in [-0.1, -0.05) is 18.2 Å². The smallest absolute Gasteiger partial charge is 0.343 e. The van der Waals surface area contributed by atoms with E-state index >= 15 is 0 Å². The number of fused-ring (bicyclic) bond motifs is 1. The minimum absolute atomic E-state index is 0.381. The van der Waals surface area contributed by atoms with Gasteiger partial charge < -0.3 is 23.7 Å². The van der Waals surface area contributed by atoms with Gasteiger partial charge in [-0.2, -0.15) is 0 Å². The van der Waals surface area contributed by atoms with Gasteiger partial charge in [-0.25, -0.2) is 4.79 Å². The van der Waals surface area contributed by atoms with Crippen LogP contribution in [0, 0.1) is 0 Å². The largest absolute Gasteiger partial charge is 0.460 e. The molecule has 0 saturated carbocycles. The Morgan fingerprint density at radius 2 is 1.95 bits per heavy atom. The first kappa shape index (κ1) is 15.0. The maximum atomic E-state index is 11.9. The summed E-state index contributed by atoms with van der Waals surface area (Å²) in [6.45, 7) is 3.62. The van der Waals surface area contributed by atoms with Gasteiger partial charge in [-0.05, 0) is 26.0 Å². The number of ether oxygens (including phenoxy) is 5. The summed E-state index contributed by atoms with van der Waals surface area (Å²) < 4.78 is 27.5. The molecule has 2 saturated heterocycles. The molecular formula is C16H18O6. The van der Waals surface area contributed by atoms with Gasteiger partial charge >= 0.3 is 5.97 Å². The lowest BCUT2D eigenvalue weighted by Gasteiger charge is -2.21. The minimum atomic E-state index is -0.738. The molecule has 2 aliphatic rings. The summed E-state index contributed by atoms with van der Waals surface area (Å²) in [5.41, 5.74) is 0.459. The van der Waals surface area contributed by atoms with E-state index in [9.17, 15) is 4.79 Å². The highest BCUT2D eigenvalue weighted by Crippen LogP contribution is 2.40. The predicted molar refractivity (Wildman–Crippen MR) is 75.6 cm³/mol. The number of methoxy groups -OCH3 is 1. The molecule has 0 aliphatic carbocycles. The fraction of sp³-hybridized carbons (Fsp3) is 0.438. The molecule has 0 bridgehead atoms. The van der Waals surface area contributed by atoms with Crippen LogP contribution in [-0.4, -0.2) is 37.4 Å². The van der Waals surface area contributed by atoms with Crippen LogP contribution in [0.1, 0.15) is 24.2 Å². The van der Waals surface area contributed by atoms with Crippen molar-refractivity contribution in [3.63, 3.8) is 0 Å². The summed E-state index contributed by atoms with van der Waals surface area (Å²) in [5.74, 6) is -0.822. The monoisotopic (exact) mass is 306 g/mol. The Morgan fingerprint density at radius 1 is 1.23 bits per heavy atom. The topological polar surface area (TPSA) is 63.2 Å². The Kier molecular flexibility index (Phi) is 3.90. The van der Waals surface area contributed by atoms with Gasteiger partial charge in [0.05, 0.1) is 5.56 Å². The molecule has 118 valence electrons. The molecule has 0 amide bonds. The molecule has 0 radical (unpaired) electrons. The van der Waals surface area contributed by atoms with Crippen molar-refractivity contribution in [2.75, 3.05) is 7.11 Å². The Labute approximate surface area is 128 Å². The Morgan fingerprint density at radius 3 is 2.64 bits per heavy atom. The van der Waals surface area contributed by atoms with Crippen LogP contribution in [0.5, 0.6) is 0 Å². The molecule has 1 aromatic carbocycles. The van der Waals surface area contributed by atoms with E-state index in [0.717, 1.165) is 0 Å². The van der Waals surface area contributed by atoms with Crippen molar-refractivity contribution in [1.82, 2.24) is 0 Å². The summed E-state index contributed by atoms with van der Waals surface area (Å²) in [6, 6.07) is 8.71. The van der Waals surface area contributed by atoms with Crippen molar-refractivity contribution in [2.24, 2.45) is 0 Å². The van der Waals surface area contributed by atoms with Gasteiger partial charge in [0.15, 0.2) is 23.8 Å². The normalized spacial score (nSPS) is 30.9. The van der Waals surface area contributed by atoms with Gasteiger partial charge in [0, 0.05) is 7.11 Å². The average molecular weight is 306 g/mol. The molecule has 0 N–H and O–H groups in total. The van der Waals surface area contributed by atoms with Gasteiger partial charge in [-0.15, -0.1) is 0 Å². The standard InChI is InChI=1S/C16H18O6/c1-16(2)21-12-11(20-15(18-3)13(12)22-16)9-19-14(17)10-7-5-4-6-8-10/h4-9,12-13,15H,1-3H3/b11-9-/t12-,13-,15-/m1/s1. The van der Waals surface area contributed by atoms with Crippen LogP contribution in [-0.2, 0) is 23.7 Å². The molecule has 6 heteroatoms. The van der Waals surface area contributed by atoms with Crippen molar-refractivity contribution >= 4 is 5.97 Å². The second kappa shape index (κ2) is 5.72. The number of hydrogen-bond donors (Lipinski definition) is 0. The molecule has 3 rings (SSSR count). The van der Waals surface area contributed by atoms with Crippen molar-refractivity contribution in [2.45, 2.75) is 38.1 Å². The fourth-order valence-corrected chi connectivity index (χ4v) is 2.51. The highest BCUT2D eigenvalue weighted by molar-refractivity contribution is 5.89. The maximum absolute atomic E-state index is 11.9. The molecule has 2 aliphatic heterocycles. The molecule has 0 spiro atoms. The first-order chi connectivity index (χ1) is 10.5. The summed E-state index contributed by atoms with van der Waals surface area (Å²) in [4.78, 5) is 11.9. The van der Waals surface area contributed by atoms with E-state index in [-0.39, 0.29) is 6.10 Å². The van der Waals surface area contributed by atoms with Crippen molar-refractivity contribution in [3.8, 4) is 0 Å². The number of rotatable bonds is 3. The third-order valence-corrected chi connectivity index (χ3v) is 3.45. The number of benzene rings is 1. The van der Waals surface area contributed by atoms with E-state index in [1.54, 1.807) is 24.3 Å². The first-order valence-corrected chi connectivity index (χ1v) is 7.01. The molecular weight excluding hydrogens is 288 g/mol. The Hall–Kier alpha value is -1.89. The van der Waals surface area contributed by atoms with Crippen LogP contribution in [0.2, 0.25) is 0 Å². The highest BCUT2D eigenvalue weighted by Gasteiger charge is 2.54. The lowest BCUT2D eigenvalue weighted by molar-refractivity contribution is -0.202. The second-order valence-electron chi connectivity index (χ2n) is 5.53. The molecule has 0 aromatic heterocycles. The van der Waals surface area contributed by atoms with Gasteiger partial charge in [0.2, 0.25) is 6.29 Å². The van der Waals surface area contributed by atoms with E-state index in [1.807, 2.05) is 19.9 Å². The van der Waals surface area contributed by atoms with Gasteiger partial charge in [0.25, 0.3) is 0 Å². The van der Waals surface area contributed by atoms with Gasteiger partial charge in [0.1, 0.15) is 6.26 Å². The zero-order valence-corrected chi connectivity index (χ0v) is 12.6. The molecule has 0 unspecified atom stereocenters. The van der Waals surface area contributed by atoms with Crippen LogP contribution >= 0.6 is 0 Å². The molecule has 6 nitrogen and oxygen atoms in total. The van der Waals surface area contributed by atoms with Gasteiger partial charge in [-0.3, -0.25) is 0 Å². The van der Waals surface area contributed by atoms with E-state index < -0.39 is 24.2 Å². The molecule has 1 aromatic rings. The van der Waals surface area contributed by atoms with Crippen LogP contribution < -0.4 is 0 Å². The third kappa shape index (κ3) is 2.85. The van der Waals surface area contributed by atoms with E-state index in [4.69, 9.17) is 23.7 Å². The maximum Gasteiger partial charge on any atom is 0.343 e. The van der Waals surface area contributed by atoms with Crippen LogP contribution in [0.3, 0.4) is 0 Å². The minimum Gasteiger partial charge on any atom is -0.460 e. The summed E-state index contributed by atoms with van der Waals surface area (Å²) in [7, 11) is 1.52. The lowest BCUT2D eigenvalue weighted by atomic mass is 10.2. The third-order valence-electron chi connectivity index (χ3n) is 3.45. The first-order valence-electron chi connectivity index (χ1n) is 7.01. The average Bonchev–Trinajstić information content (AvgIpc) is 2.99. The summed E-state index contributed by atoms with van der Waals surface area (Å²) in [6.07, 6.45) is -0.171. The number of carbonyl (C=O) groups is 1. The lowest BCUT2D eigenvalue weighted by Crippen LogP contribution is -2.30. The Bertz CT molecular complexity index is 580. The second-order valence-corrected chi connectivity index (χ2v) is 5.53. The van der Waals surface area contributed by atoms with Crippen molar-refractivity contribution < 1.29 is 28.5 Å². The molecule has 2 heterocycles. The van der Waals surface area contributed by atoms with Crippen molar-refractivity contribution in [3.05, 3.63) is 47.9 Å². The Balaban J connectivity index is 1.73. The van der Waals surface area contributed by atoms with Crippen LogP contribution in [0.25, 0.3) is 0 Å². The highest BCUT2D eigenvalue weighted by atomic mass is 16.8. The SMILES string of the molecule is CO[C@@H]1O/C(=C\OC(=O)c2ccccc2)[C@H]2OC(C)(C)O[C@@H]12. The van der Waals surface area contributed by atoms with E-state index in [0.29, 0.717) is 11.3 Å². The van der Waals surface area contributed by atoms with Crippen LogP contribution in [0.15, 0.2) is 42.4 Å². The summed E-state index contributed by atoms with van der Waals surface area (Å²) >= 11 is 0. The van der Waals surface area contributed by atoms with Crippen LogP contribution in [0.4, 0.5) is 0 Å². The van der Waals surface area contributed by atoms with E-state index in [1.165, 1.54) is 13.4 Å². The van der Waals surface area contributed by atoms with Crippen molar-refractivity contribution in [1.29, 1.82) is 0 Å². The predicted octanol–water partition coefficient (Wildman–Crippen LogP) is 2.21. The zero-order valence-electron chi connectivity index (χ0n) is 12.6. The number of carbonyl (C=O) groups excluding carboxylic acids is 1. The summed E-state index contributed by atoms with van der Waals surface area (Å²) in [5, 5.41) is 0. The molecule has 22 heavy (non-hydrogen) atoms. The molecule has 3 atom stereocenters. The fourth-order valence-electron chi connectivity index (χ4n) is 2.51. The quantitative estimate of drug-likeness (QED) is 0.630.